The third-order valence-electron chi connectivity index (χ3n) is 9.75. The normalized spacial score (nSPS) is 10.6. The van der Waals surface area contributed by atoms with Crippen LogP contribution in [0.3, 0.4) is 0 Å². The maximum Gasteiger partial charge on any atom is 0.513 e. The van der Waals surface area contributed by atoms with Gasteiger partial charge in [-0.2, -0.15) is 0 Å². The first-order chi connectivity index (χ1) is 30.8. The minimum atomic E-state index is -0.884. The van der Waals surface area contributed by atoms with Crippen LogP contribution in [0, 0.1) is 0 Å². The maximum absolute atomic E-state index is 13.0. The Morgan fingerprint density at radius 2 is 0.937 bits per heavy atom. The first-order valence-electron chi connectivity index (χ1n) is 20.7. The van der Waals surface area contributed by atoms with Crippen LogP contribution >= 0.6 is 0 Å². The van der Waals surface area contributed by atoms with E-state index in [9.17, 15) is 14.4 Å². The number of rotatable bonds is 22. The van der Waals surface area contributed by atoms with Crippen LogP contribution in [-0.4, -0.2) is 51.9 Å². The van der Waals surface area contributed by atoms with E-state index in [0.29, 0.717) is 73.5 Å². The Kier molecular flexibility index (Phi) is 16.8. The van der Waals surface area contributed by atoms with Gasteiger partial charge in [-0.25, -0.2) is 4.79 Å². The van der Waals surface area contributed by atoms with Crippen molar-refractivity contribution in [3.63, 3.8) is 0 Å². The molecule has 0 aliphatic rings. The summed E-state index contributed by atoms with van der Waals surface area (Å²) in [6.07, 6.45) is 0.531. The molecule has 0 saturated carbocycles. The Morgan fingerprint density at radius 1 is 0.476 bits per heavy atom. The van der Waals surface area contributed by atoms with Crippen molar-refractivity contribution in [2.24, 2.45) is 0 Å². The summed E-state index contributed by atoms with van der Waals surface area (Å²) in [5.41, 5.74) is 5.51. The molecule has 63 heavy (non-hydrogen) atoms. The summed E-state index contributed by atoms with van der Waals surface area (Å²) in [6, 6.07) is 43.2. The molecule has 12 heteroatoms. The van der Waals surface area contributed by atoms with E-state index in [1.165, 1.54) is 0 Å². The Balaban J connectivity index is 0.984. The number of carbonyl (C=O) groups is 3. The third kappa shape index (κ3) is 14.3. The molecular formula is C51H52N2O10. The molecule has 0 heterocycles. The van der Waals surface area contributed by atoms with Crippen molar-refractivity contribution in [3.05, 3.63) is 173 Å². The van der Waals surface area contributed by atoms with Crippen molar-refractivity contribution < 1.29 is 47.5 Å². The molecule has 2 amide bonds. The first kappa shape index (κ1) is 45.1. The molecule has 6 aromatic rings. The second-order valence-corrected chi connectivity index (χ2v) is 14.4. The minimum absolute atomic E-state index is 0.0572. The van der Waals surface area contributed by atoms with E-state index in [0.717, 1.165) is 27.8 Å². The number of nitrogens with one attached hydrogen (secondary N) is 2. The Morgan fingerprint density at radius 3 is 1.44 bits per heavy atom. The zero-order valence-electron chi connectivity index (χ0n) is 35.7. The van der Waals surface area contributed by atoms with Crippen LogP contribution in [0.5, 0.6) is 40.2 Å². The van der Waals surface area contributed by atoms with Gasteiger partial charge in [0.15, 0.2) is 34.5 Å². The monoisotopic (exact) mass is 852 g/mol. The van der Waals surface area contributed by atoms with E-state index in [2.05, 4.69) is 10.6 Å². The molecule has 0 aromatic heterocycles. The predicted octanol–water partition coefficient (Wildman–Crippen LogP) is 8.99. The largest absolute Gasteiger partial charge is 0.513 e. The molecule has 0 unspecified atom stereocenters. The fourth-order valence-electron chi connectivity index (χ4n) is 6.50. The van der Waals surface area contributed by atoms with Gasteiger partial charge in [-0.15, -0.1) is 0 Å². The molecule has 0 fully saturated rings. The van der Waals surface area contributed by atoms with E-state index < -0.39 is 6.16 Å². The van der Waals surface area contributed by atoms with Gasteiger partial charge in [-0.3, -0.25) is 9.59 Å². The van der Waals surface area contributed by atoms with Crippen molar-refractivity contribution in [1.29, 1.82) is 0 Å². The summed E-state index contributed by atoms with van der Waals surface area (Å²) < 4.78 is 39.6. The lowest BCUT2D eigenvalue weighted by Crippen LogP contribution is -2.27. The van der Waals surface area contributed by atoms with E-state index in [-0.39, 0.29) is 42.8 Å². The Labute approximate surface area is 368 Å². The molecular weight excluding hydrogens is 801 g/mol. The first-order valence-corrected chi connectivity index (χ1v) is 20.7. The second-order valence-electron chi connectivity index (χ2n) is 14.4. The summed E-state index contributed by atoms with van der Waals surface area (Å²) in [4.78, 5) is 38.1. The lowest BCUT2D eigenvalue weighted by molar-refractivity contribution is -0.121. The molecule has 0 saturated heterocycles. The molecule has 12 nitrogen and oxygen atoms in total. The zero-order chi connectivity index (χ0) is 44.2. The number of carbonyl (C=O) groups excluding carboxylic acids is 3. The highest BCUT2D eigenvalue weighted by Crippen LogP contribution is 2.34. The number of hydrogen-bond acceptors (Lipinski definition) is 10. The van der Waals surface area contributed by atoms with E-state index in [4.69, 9.17) is 33.2 Å². The molecule has 0 aliphatic carbocycles. The molecule has 0 radical (unpaired) electrons. The lowest BCUT2D eigenvalue weighted by Gasteiger charge is -2.14. The number of ether oxygens (including phenoxy) is 7. The average Bonchev–Trinajstić information content (AvgIpc) is 3.30. The van der Waals surface area contributed by atoms with Crippen molar-refractivity contribution in [1.82, 2.24) is 10.6 Å². The lowest BCUT2D eigenvalue weighted by atomic mass is 10.1. The van der Waals surface area contributed by atoms with Crippen LogP contribution in [0.15, 0.2) is 140 Å². The SMILES string of the molecule is CCOC(=O)Oc1ccc(CC(=O)NCCc2ccc(OCc3ccccc3)c(OC)c2)cc1Oc1ccc(CC(=O)NCCc2ccc(OCc3ccccc3)c(OC)c2)cc1. The molecule has 2 N–H and O–H groups in total. The standard InChI is InChI=1S/C51H52N2O10/c1-4-59-51(56)63-45-24-19-41(33-50(55)53-28-26-38-18-23-44(47(30-38)58-3)61-35-40-13-9-6-10-14-40)31-48(45)62-42-20-15-36(16-21-42)32-49(54)52-27-25-37-17-22-43(46(29-37)57-2)60-34-39-11-7-5-8-12-39/h5-24,29-31H,4,25-28,32-35H2,1-3H3,(H,52,54)(H,53,55). The van der Waals surface area contributed by atoms with Crippen LogP contribution < -0.4 is 39.1 Å². The second kappa shape index (κ2) is 23.5. The van der Waals surface area contributed by atoms with Gasteiger partial charge in [0.2, 0.25) is 11.8 Å². The van der Waals surface area contributed by atoms with Crippen LogP contribution in [0.25, 0.3) is 0 Å². The highest BCUT2D eigenvalue weighted by molar-refractivity contribution is 5.79. The fourth-order valence-corrected chi connectivity index (χ4v) is 6.50. The Hall–Kier alpha value is -7.47. The van der Waals surface area contributed by atoms with E-state index >= 15 is 0 Å². The number of methoxy groups -OCH3 is 2. The fraction of sp³-hybridized carbons (Fsp3) is 0.235. The molecule has 0 bridgehead atoms. The third-order valence-corrected chi connectivity index (χ3v) is 9.75. The topological polar surface area (TPSA) is 140 Å². The predicted molar refractivity (Wildman–Crippen MR) is 239 cm³/mol. The van der Waals surface area contributed by atoms with Gasteiger partial charge in [0, 0.05) is 13.1 Å². The summed E-state index contributed by atoms with van der Waals surface area (Å²) in [5, 5.41) is 5.95. The van der Waals surface area contributed by atoms with Crippen molar-refractivity contribution in [2.45, 2.75) is 45.8 Å². The zero-order valence-corrected chi connectivity index (χ0v) is 35.7. The van der Waals surface area contributed by atoms with Gasteiger partial charge in [0.1, 0.15) is 19.0 Å². The molecule has 0 atom stereocenters. The van der Waals surface area contributed by atoms with Crippen molar-refractivity contribution in [3.8, 4) is 40.2 Å². The molecule has 326 valence electrons. The van der Waals surface area contributed by atoms with Crippen LogP contribution in [0.2, 0.25) is 0 Å². The summed E-state index contributed by atoms with van der Waals surface area (Å²) in [5.74, 6) is 2.99. The van der Waals surface area contributed by atoms with Gasteiger partial charge in [-0.05, 0) is 102 Å². The van der Waals surface area contributed by atoms with E-state index in [1.807, 2.05) is 97.1 Å². The maximum atomic E-state index is 13.0. The van der Waals surface area contributed by atoms with Crippen molar-refractivity contribution in [2.75, 3.05) is 33.9 Å². The number of hydrogen-bond donors (Lipinski definition) is 2. The highest BCUT2D eigenvalue weighted by Gasteiger charge is 2.16. The van der Waals surface area contributed by atoms with Gasteiger partial charge in [0.05, 0.1) is 33.7 Å². The smallest absolute Gasteiger partial charge is 0.493 e. The number of benzene rings is 6. The van der Waals surface area contributed by atoms with Gasteiger partial charge >= 0.3 is 6.16 Å². The Bertz CT molecular complexity index is 2410. The highest BCUT2D eigenvalue weighted by atomic mass is 16.7. The van der Waals surface area contributed by atoms with Crippen LogP contribution in [0.4, 0.5) is 4.79 Å². The summed E-state index contributed by atoms with van der Waals surface area (Å²) >= 11 is 0. The van der Waals surface area contributed by atoms with Crippen LogP contribution in [-0.2, 0) is 53.2 Å². The van der Waals surface area contributed by atoms with Crippen molar-refractivity contribution >= 4 is 18.0 Å². The minimum Gasteiger partial charge on any atom is -0.493 e. The molecule has 0 aliphatic heterocycles. The summed E-state index contributed by atoms with van der Waals surface area (Å²) in [7, 11) is 3.20. The van der Waals surface area contributed by atoms with Gasteiger partial charge in [0.25, 0.3) is 0 Å². The van der Waals surface area contributed by atoms with Gasteiger partial charge < -0.3 is 43.8 Å². The van der Waals surface area contributed by atoms with E-state index in [1.54, 1.807) is 63.6 Å². The molecule has 6 aromatic carbocycles. The average molecular weight is 853 g/mol. The quantitative estimate of drug-likeness (QED) is 0.0503. The number of amides is 2. The molecule has 6 rings (SSSR count). The van der Waals surface area contributed by atoms with Gasteiger partial charge in [-0.1, -0.05) is 91.0 Å². The summed E-state index contributed by atoms with van der Waals surface area (Å²) in [6.45, 7) is 3.51. The van der Waals surface area contributed by atoms with Crippen LogP contribution in [0.1, 0.15) is 40.3 Å². The molecule has 0 spiro atoms.